The Morgan fingerprint density at radius 1 is 0.582 bits per heavy atom. The predicted octanol–water partition coefficient (Wildman–Crippen LogP) is 10.9. The van der Waals surface area contributed by atoms with Crippen molar-refractivity contribution in [3.63, 3.8) is 0 Å². The third kappa shape index (κ3) is 12.4. The number of nitrogens with zero attached hydrogens (tertiary/aromatic N) is 11. The molecule has 12 rings (SSSR count). The van der Waals surface area contributed by atoms with Crippen molar-refractivity contribution < 1.29 is 27.4 Å². The Morgan fingerprint density at radius 3 is 1.44 bits per heavy atom. The number of rotatable bonds is 9. The van der Waals surface area contributed by atoms with Gasteiger partial charge in [-0.25, -0.2) is 22.9 Å². The predicted molar refractivity (Wildman–Crippen MR) is 301 cm³/mol. The van der Waals surface area contributed by atoms with E-state index in [0.29, 0.717) is 36.2 Å². The van der Waals surface area contributed by atoms with Gasteiger partial charge in [0, 0.05) is 53.0 Å². The Hall–Kier alpha value is -9.49. The molecule has 0 bridgehead atoms. The van der Waals surface area contributed by atoms with Gasteiger partial charge in [-0.2, -0.15) is 0 Å². The number of sulfonamides is 1. The maximum atomic E-state index is 13.0. The van der Waals surface area contributed by atoms with E-state index in [1.807, 2.05) is 109 Å². The number of halogens is 1. The highest BCUT2D eigenvalue weighted by atomic mass is 79.9. The van der Waals surface area contributed by atoms with Crippen LogP contribution in [0.3, 0.4) is 0 Å². The van der Waals surface area contributed by atoms with Crippen molar-refractivity contribution in [2.24, 2.45) is 28.2 Å². The average Bonchev–Trinajstić information content (AvgIpc) is 4.46. The van der Waals surface area contributed by atoms with Crippen LogP contribution in [0.5, 0.6) is 17.2 Å². The molecule has 0 fully saturated rings. The summed E-state index contributed by atoms with van der Waals surface area (Å²) < 4.78 is 52.3. The number of hydrogen-bond acceptors (Lipinski definition) is 10. The van der Waals surface area contributed by atoms with E-state index in [1.165, 1.54) is 23.3 Å². The normalized spacial score (nSPS) is 12.7. The smallest absolute Gasteiger partial charge is 0.329 e. The summed E-state index contributed by atoms with van der Waals surface area (Å²) in [4.78, 5) is 39.6. The van der Waals surface area contributed by atoms with E-state index < -0.39 is 22.1 Å². The molecule has 0 radical (unpaired) electrons. The summed E-state index contributed by atoms with van der Waals surface area (Å²) in [6, 6.07) is 34.2. The summed E-state index contributed by atoms with van der Waals surface area (Å²) in [6.07, 6.45) is 9.78. The summed E-state index contributed by atoms with van der Waals surface area (Å²) >= 11 is 3.20. The molecule has 19 nitrogen and oxygen atoms in total. The van der Waals surface area contributed by atoms with Crippen LogP contribution in [0.4, 0.5) is 22.2 Å². The lowest BCUT2D eigenvalue weighted by atomic mass is 9.98. The molecule has 0 saturated heterocycles. The van der Waals surface area contributed by atoms with Crippen LogP contribution in [-0.4, -0.2) is 72.5 Å². The zero-order valence-electron chi connectivity index (χ0n) is 43.5. The average molecular weight is 1140 g/mol. The molecule has 9 aromatic rings. The highest BCUT2D eigenvalue weighted by Crippen LogP contribution is 2.37. The third-order valence-electron chi connectivity index (χ3n) is 13.1. The van der Waals surface area contributed by atoms with Gasteiger partial charge in [-0.05, 0) is 110 Å². The first-order valence-electron chi connectivity index (χ1n) is 24.8. The maximum absolute atomic E-state index is 13.0. The van der Waals surface area contributed by atoms with E-state index in [1.54, 1.807) is 48.1 Å². The van der Waals surface area contributed by atoms with Crippen LogP contribution in [0.1, 0.15) is 34.0 Å². The fraction of sp³-hybridized carbons (Fsp3) is 0.207. The van der Waals surface area contributed by atoms with E-state index in [9.17, 15) is 13.2 Å². The molecule has 2 N–H and O–H groups in total. The highest BCUT2D eigenvalue weighted by Gasteiger charge is 2.27. The van der Waals surface area contributed by atoms with Crippen LogP contribution < -0.4 is 24.2 Å². The molecule has 398 valence electrons. The second kappa shape index (κ2) is 24.2. The second-order valence-electron chi connectivity index (χ2n) is 18.3. The van der Waals surface area contributed by atoms with E-state index >= 15 is 0 Å². The van der Waals surface area contributed by atoms with Gasteiger partial charge in [0.1, 0.15) is 21.9 Å². The molecule has 3 aliphatic heterocycles. The molecule has 4 aromatic heterocycles. The van der Waals surface area contributed by atoms with Crippen molar-refractivity contribution in [3.05, 3.63) is 207 Å². The van der Waals surface area contributed by atoms with Crippen LogP contribution in [0, 0.1) is 19.7 Å². The van der Waals surface area contributed by atoms with Crippen molar-refractivity contribution in [1.82, 2.24) is 48.2 Å². The first-order chi connectivity index (χ1) is 38.2. The minimum atomic E-state index is -4.03. The van der Waals surface area contributed by atoms with Crippen molar-refractivity contribution in [2.75, 3.05) is 19.8 Å². The van der Waals surface area contributed by atoms with Gasteiger partial charge in [0.15, 0.2) is 19.0 Å². The van der Waals surface area contributed by atoms with Crippen LogP contribution >= 0.6 is 15.9 Å². The minimum absolute atomic E-state index is 0.0126. The molecular formula is C58H52BrN13O6S. The summed E-state index contributed by atoms with van der Waals surface area (Å²) in [5.74, 6) is 4.11. The lowest BCUT2D eigenvalue weighted by Gasteiger charge is -2.20. The Labute approximate surface area is 465 Å². The third-order valence-corrected chi connectivity index (χ3v) is 15.3. The maximum Gasteiger partial charge on any atom is 0.329 e. The first-order valence-corrected chi connectivity index (χ1v) is 27.1. The monoisotopic (exact) mass is 1140 g/mol. The molecule has 0 aliphatic carbocycles. The molecule has 3 aliphatic rings. The van der Waals surface area contributed by atoms with Crippen molar-refractivity contribution in [3.8, 4) is 51.0 Å². The van der Waals surface area contributed by atoms with E-state index in [2.05, 4.69) is 78.6 Å². The van der Waals surface area contributed by atoms with Gasteiger partial charge in [0.05, 0.1) is 59.9 Å². The number of benzene rings is 5. The van der Waals surface area contributed by atoms with Gasteiger partial charge in [0.25, 0.3) is 21.7 Å². The topological polar surface area (TPSA) is 187 Å². The zero-order chi connectivity index (χ0) is 55.6. The molecule has 79 heavy (non-hydrogen) atoms. The molecule has 5 aromatic carbocycles. The number of urea groups is 1. The Bertz CT molecular complexity index is 3810. The number of aryl methyl sites for hydroxylation is 4. The molecule has 0 spiro atoms. The first kappa shape index (κ1) is 54.3. The minimum Gasteiger partial charge on any atom is -0.493 e. The fourth-order valence-corrected chi connectivity index (χ4v) is 10.5. The largest absolute Gasteiger partial charge is 0.493 e. The SMILES string of the molecule is Cn1cnc(C(Cc2ccccc2)NC(=O)NS(=O)(=O)c2ccccc2)c1-c1ccc2c(c1)CCO2.[C-]#[N+]c1ncn(C)c1-c1ccc2c(c1)CCO2.[C-]#[N+]c1ncn(C)c1-c1ccc2c(c1)CCO2.[C-]#[N+]c1ncn(C)c1Br. The summed E-state index contributed by atoms with van der Waals surface area (Å²) in [7, 11) is 3.50. The lowest BCUT2D eigenvalue weighted by molar-refractivity contribution is 0.242. The number of aromatic nitrogens is 8. The number of hydrogen-bond donors (Lipinski definition) is 2. The number of nitrogens with one attached hydrogen (secondary N) is 2. The number of amides is 2. The highest BCUT2D eigenvalue weighted by molar-refractivity contribution is 9.10. The Morgan fingerprint density at radius 2 is 1.00 bits per heavy atom. The summed E-state index contributed by atoms with van der Waals surface area (Å²) in [6.45, 7) is 23.0. The van der Waals surface area contributed by atoms with Gasteiger partial charge in [-0.3, -0.25) is 0 Å². The molecule has 2 amide bonds. The van der Waals surface area contributed by atoms with Crippen molar-refractivity contribution in [2.45, 2.75) is 36.6 Å². The van der Waals surface area contributed by atoms with Gasteiger partial charge in [-0.15, -0.1) is 15.0 Å². The van der Waals surface area contributed by atoms with Crippen molar-refractivity contribution >= 4 is 49.4 Å². The van der Waals surface area contributed by atoms with Gasteiger partial charge in [0.2, 0.25) is 0 Å². The van der Waals surface area contributed by atoms with Crippen LogP contribution in [0.25, 0.3) is 48.3 Å². The molecular weight excluding hydrogens is 1090 g/mol. The zero-order valence-corrected chi connectivity index (χ0v) is 45.9. The van der Waals surface area contributed by atoms with E-state index in [4.69, 9.17) is 33.9 Å². The van der Waals surface area contributed by atoms with Crippen molar-refractivity contribution in [1.29, 1.82) is 0 Å². The fourth-order valence-electron chi connectivity index (χ4n) is 9.23. The summed E-state index contributed by atoms with van der Waals surface area (Å²) in [5, 5.41) is 2.85. The van der Waals surface area contributed by atoms with Gasteiger partial charge >= 0.3 is 11.8 Å². The van der Waals surface area contributed by atoms with Crippen LogP contribution in [0.15, 0.2) is 150 Å². The number of carbonyl (C=O) groups is 1. The lowest BCUT2D eigenvalue weighted by Crippen LogP contribution is -2.42. The number of ether oxygens (including phenoxy) is 3. The number of fused-ring (bicyclic) bond motifs is 3. The number of imidazole rings is 4. The van der Waals surface area contributed by atoms with Crippen LogP contribution in [-0.2, 0) is 63.9 Å². The van der Waals surface area contributed by atoms with E-state index in [0.717, 1.165) is 99.2 Å². The second-order valence-corrected chi connectivity index (χ2v) is 20.8. The van der Waals surface area contributed by atoms with Gasteiger partial charge in [-0.1, -0.05) is 80.4 Å². The Kier molecular flexibility index (Phi) is 16.7. The Balaban J connectivity index is 0.000000145. The van der Waals surface area contributed by atoms with E-state index in [-0.39, 0.29) is 4.90 Å². The van der Waals surface area contributed by atoms with Gasteiger partial charge < -0.3 is 52.3 Å². The quantitative estimate of drug-likeness (QED) is 0.132. The summed E-state index contributed by atoms with van der Waals surface area (Å²) in [5.41, 5.74) is 10.8. The molecule has 7 heterocycles. The number of carbonyl (C=O) groups excluding carboxylic acids is 1. The molecule has 1 atom stereocenters. The standard InChI is InChI=1S/C27H26N4O4S.2C13H11N3O.C5H4BrN3/c1-31-18-28-25(26(31)21-12-13-24-20(17-21)14-15-35-24)23(16-19-8-4-2-5-9-19)29-27(32)30-36(33,34)22-10-6-3-7-11-22;2*1-14-13-12(16(2)8-15-13)10-3-4-11-9(7-10)5-6-17-11;1-7-5-4(6)9(2)3-8-5/h2-13,17-18,23H,14-16H2,1H3,(H2,29,30,32);2*3-4,7-8H,5-6H2,2H3;3H,2H3. The van der Waals surface area contributed by atoms with Crippen LogP contribution in [0.2, 0.25) is 0 Å². The molecule has 21 heteroatoms. The molecule has 0 saturated carbocycles. The molecule has 1 unspecified atom stereocenters.